The van der Waals surface area contributed by atoms with Crippen molar-refractivity contribution in [2.45, 2.75) is 0 Å². The Bertz CT molecular complexity index is 583. The van der Waals surface area contributed by atoms with Crippen LogP contribution in [0.1, 0.15) is 0 Å². The van der Waals surface area contributed by atoms with Crippen molar-refractivity contribution in [3.05, 3.63) is 32.9 Å². The fourth-order valence-electron chi connectivity index (χ4n) is 1.60. The lowest BCUT2D eigenvalue weighted by Gasteiger charge is -2.29. The van der Waals surface area contributed by atoms with Crippen LogP contribution in [0.5, 0.6) is 0 Å². The van der Waals surface area contributed by atoms with Crippen molar-refractivity contribution in [3.8, 4) is 0 Å². The van der Waals surface area contributed by atoms with E-state index >= 15 is 0 Å². The Hall–Kier alpha value is -2.18. The molecule has 0 radical (unpaired) electrons. The van der Waals surface area contributed by atoms with Crippen LogP contribution in [0.25, 0.3) is 0 Å². The van der Waals surface area contributed by atoms with E-state index in [2.05, 4.69) is 4.98 Å². The molecule has 2 rings (SSSR count). The van der Waals surface area contributed by atoms with E-state index in [-0.39, 0.29) is 11.7 Å². The van der Waals surface area contributed by atoms with Crippen LogP contribution in [0.2, 0.25) is 0 Å². The van der Waals surface area contributed by atoms with Crippen LogP contribution in [0.3, 0.4) is 0 Å². The molecule has 0 unspecified atom stereocenters. The number of aliphatic hydroxyl groups is 1. The van der Waals surface area contributed by atoms with Gasteiger partial charge < -0.3 is 10.0 Å². The summed E-state index contributed by atoms with van der Waals surface area (Å²) in [5, 5.41) is 9.56. The van der Waals surface area contributed by atoms with Crippen LogP contribution >= 0.6 is 0 Å². The maximum Gasteiger partial charge on any atom is 0.329 e. The van der Waals surface area contributed by atoms with Gasteiger partial charge in [-0.3, -0.25) is 19.2 Å². The molecule has 0 saturated carbocycles. The lowest BCUT2D eigenvalue weighted by atomic mass is 10.3. The lowest BCUT2D eigenvalue weighted by molar-refractivity contribution is 0.391. The summed E-state index contributed by atoms with van der Waals surface area (Å²) < 4.78 is 0.985. The van der Waals surface area contributed by atoms with Gasteiger partial charge in [-0.25, -0.2) is 4.79 Å². The van der Waals surface area contributed by atoms with Gasteiger partial charge >= 0.3 is 5.69 Å². The number of hydrogen-bond donors (Lipinski definition) is 2. The minimum absolute atomic E-state index is 0.0427. The Labute approximate surface area is 90.8 Å². The number of anilines is 2. The molecule has 0 amide bonds. The topological polar surface area (TPSA) is 81.6 Å². The smallest absolute Gasteiger partial charge is 0.329 e. The number of aromatic amines is 1. The average Bonchev–Trinajstić information content (AvgIpc) is 2.22. The van der Waals surface area contributed by atoms with E-state index in [0.29, 0.717) is 5.69 Å². The van der Waals surface area contributed by atoms with E-state index in [0.717, 1.165) is 4.57 Å². The highest BCUT2D eigenvalue weighted by Gasteiger charge is 2.24. The molecular weight excluding hydrogens is 212 g/mol. The zero-order valence-corrected chi connectivity index (χ0v) is 9.18. The van der Waals surface area contributed by atoms with Gasteiger partial charge in [-0.05, 0) is 0 Å². The molecular formula is C9H12N4O3. The summed E-state index contributed by atoms with van der Waals surface area (Å²) in [6.07, 6.45) is 1.40. The first-order chi connectivity index (χ1) is 7.43. The van der Waals surface area contributed by atoms with Crippen molar-refractivity contribution in [2.24, 2.45) is 7.05 Å². The second-order valence-electron chi connectivity index (χ2n) is 3.65. The van der Waals surface area contributed by atoms with Crippen molar-refractivity contribution in [2.75, 3.05) is 23.9 Å². The molecule has 1 aliphatic rings. The van der Waals surface area contributed by atoms with Crippen molar-refractivity contribution in [1.29, 1.82) is 0 Å². The number of nitrogens with zero attached hydrogens (tertiary/aromatic N) is 3. The van der Waals surface area contributed by atoms with E-state index in [1.165, 1.54) is 23.0 Å². The number of aliphatic hydroxyl groups excluding tert-OH is 1. The summed E-state index contributed by atoms with van der Waals surface area (Å²) in [5.41, 5.74) is -0.599. The zero-order chi connectivity index (χ0) is 12.0. The predicted molar refractivity (Wildman–Crippen MR) is 59.8 cm³/mol. The summed E-state index contributed by atoms with van der Waals surface area (Å²) in [4.78, 5) is 28.7. The molecule has 0 fully saturated rings. The number of nitrogens with one attached hydrogen (secondary N) is 1. The lowest BCUT2D eigenvalue weighted by Crippen LogP contribution is -2.41. The Morgan fingerprint density at radius 2 is 1.88 bits per heavy atom. The summed E-state index contributed by atoms with van der Waals surface area (Å²) in [6.45, 7) is 0. The molecule has 0 atom stereocenters. The van der Waals surface area contributed by atoms with Crippen LogP contribution in [-0.2, 0) is 7.05 Å². The Balaban J connectivity index is 2.83. The highest BCUT2D eigenvalue weighted by molar-refractivity contribution is 5.71. The number of hydrogen-bond acceptors (Lipinski definition) is 5. The number of fused-ring (bicyclic) bond motifs is 1. The molecule has 2 heterocycles. The molecule has 7 nitrogen and oxygen atoms in total. The first kappa shape index (κ1) is 10.3. The minimum atomic E-state index is -0.515. The van der Waals surface area contributed by atoms with Crippen LogP contribution in [-0.4, -0.2) is 28.8 Å². The predicted octanol–water partition coefficient (Wildman–Crippen LogP) is -0.683. The van der Waals surface area contributed by atoms with Crippen LogP contribution in [0.4, 0.5) is 11.5 Å². The molecule has 1 aromatic heterocycles. The van der Waals surface area contributed by atoms with Gasteiger partial charge in [0.25, 0.3) is 5.56 Å². The first-order valence-electron chi connectivity index (χ1n) is 4.64. The fraction of sp³-hybridized carbons (Fsp3) is 0.333. The Kier molecular flexibility index (Phi) is 2.04. The fourth-order valence-corrected chi connectivity index (χ4v) is 1.60. The van der Waals surface area contributed by atoms with E-state index in [9.17, 15) is 14.7 Å². The first-order valence-corrected chi connectivity index (χ1v) is 4.64. The molecule has 0 aromatic carbocycles. The molecule has 86 valence electrons. The number of H-pyrrole nitrogens is 1. The van der Waals surface area contributed by atoms with Crippen molar-refractivity contribution in [1.82, 2.24) is 9.55 Å². The quantitative estimate of drug-likeness (QED) is 0.610. The molecule has 1 aliphatic heterocycles. The second kappa shape index (κ2) is 3.16. The maximum atomic E-state index is 11.9. The van der Waals surface area contributed by atoms with E-state index in [1.807, 2.05) is 0 Å². The van der Waals surface area contributed by atoms with Crippen molar-refractivity contribution >= 4 is 11.5 Å². The van der Waals surface area contributed by atoms with E-state index in [4.69, 9.17) is 0 Å². The van der Waals surface area contributed by atoms with Crippen LogP contribution in [0.15, 0.2) is 21.7 Å². The molecule has 2 N–H and O–H groups in total. The van der Waals surface area contributed by atoms with Gasteiger partial charge in [-0.15, -0.1) is 0 Å². The molecule has 0 spiro atoms. The molecule has 16 heavy (non-hydrogen) atoms. The van der Waals surface area contributed by atoms with Gasteiger partial charge in [0, 0.05) is 21.1 Å². The molecule has 0 bridgehead atoms. The SMILES string of the molecule is CN1C=C(O)N(C)c2[nH]c(=O)n(C)c(=O)c21. The number of rotatable bonds is 0. The van der Waals surface area contributed by atoms with Gasteiger partial charge in [0.15, 0.2) is 0 Å². The summed E-state index contributed by atoms with van der Waals surface area (Å²) in [5.74, 6) is 0.245. The molecule has 0 aliphatic carbocycles. The molecule has 1 aromatic rings. The summed E-state index contributed by atoms with van der Waals surface area (Å²) in [6, 6.07) is 0. The van der Waals surface area contributed by atoms with Crippen LogP contribution < -0.4 is 21.0 Å². The maximum absolute atomic E-state index is 11.9. The van der Waals surface area contributed by atoms with Crippen molar-refractivity contribution < 1.29 is 5.11 Å². The monoisotopic (exact) mass is 224 g/mol. The van der Waals surface area contributed by atoms with Gasteiger partial charge in [-0.2, -0.15) is 0 Å². The second-order valence-corrected chi connectivity index (χ2v) is 3.65. The normalized spacial score (nSPS) is 14.8. The van der Waals surface area contributed by atoms with Gasteiger partial charge in [0.1, 0.15) is 11.5 Å². The minimum Gasteiger partial charge on any atom is -0.493 e. The van der Waals surface area contributed by atoms with Crippen molar-refractivity contribution in [3.63, 3.8) is 0 Å². The van der Waals surface area contributed by atoms with Crippen LogP contribution in [0, 0.1) is 0 Å². The highest BCUT2D eigenvalue weighted by atomic mass is 16.3. The molecule has 7 heteroatoms. The Morgan fingerprint density at radius 3 is 2.50 bits per heavy atom. The van der Waals surface area contributed by atoms with E-state index in [1.54, 1.807) is 14.1 Å². The van der Waals surface area contributed by atoms with Gasteiger partial charge in [-0.1, -0.05) is 0 Å². The third-order valence-corrected chi connectivity index (χ3v) is 2.60. The number of aromatic nitrogens is 2. The average molecular weight is 224 g/mol. The van der Waals surface area contributed by atoms with E-state index < -0.39 is 11.2 Å². The molecule has 0 saturated heterocycles. The Morgan fingerprint density at radius 1 is 1.25 bits per heavy atom. The largest absolute Gasteiger partial charge is 0.493 e. The van der Waals surface area contributed by atoms with Gasteiger partial charge in [0.2, 0.25) is 5.88 Å². The third-order valence-electron chi connectivity index (χ3n) is 2.60. The highest BCUT2D eigenvalue weighted by Crippen LogP contribution is 2.27. The third kappa shape index (κ3) is 1.21. The summed E-state index contributed by atoms with van der Waals surface area (Å²) in [7, 11) is 4.59. The standard InChI is InChI=1S/C9H12N4O3/c1-11-4-5(14)12(2)7-6(11)8(15)13(3)9(16)10-7/h4,14H,1-3H3,(H,10,16). The summed E-state index contributed by atoms with van der Waals surface area (Å²) >= 11 is 0. The van der Waals surface area contributed by atoms with Gasteiger partial charge in [0.05, 0.1) is 6.20 Å². The zero-order valence-electron chi connectivity index (χ0n) is 9.18.